The molecule has 866 valence electrons. The van der Waals surface area contributed by atoms with Crippen molar-refractivity contribution in [3.05, 3.63) is 0 Å². The lowest BCUT2D eigenvalue weighted by molar-refractivity contribution is -0.404. The molecule has 25 N–H and O–H groups in total. The average Bonchev–Trinajstić information content (AvgIpc) is 0.765. The van der Waals surface area contributed by atoms with E-state index in [1.165, 1.54) is 28.4 Å². The summed E-state index contributed by atoms with van der Waals surface area (Å²) in [6.07, 6.45) is -98.3. The monoisotopic (exact) mass is 2170 g/mol. The lowest BCUT2D eigenvalue weighted by atomic mass is 9.94. The fraction of sp³-hybridized carbons (Fsp3) is 1.00. The fourth-order valence-electron chi connectivity index (χ4n) is 20.9. The van der Waals surface area contributed by atoms with E-state index < -0.39 is 448 Å². The third-order valence-electron chi connectivity index (χ3n) is 28.5. The van der Waals surface area contributed by atoms with Gasteiger partial charge in [0, 0.05) is 91.9 Å². The highest BCUT2D eigenvalue weighted by atomic mass is 16.8. The third-order valence-corrected chi connectivity index (χ3v) is 28.5. The number of rotatable bonds is 49. The normalized spacial score (nSPS) is 49.6. The quantitative estimate of drug-likeness (QED) is 0.0269. The summed E-state index contributed by atoms with van der Waals surface area (Å²) in [7, 11) is 13.8. The summed E-state index contributed by atoms with van der Waals surface area (Å²) in [5.74, 6) is 0. The molecule has 12 fully saturated rings. The second kappa shape index (κ2) is 57.5. The predicted octanol–water partition coefficient (Wildman–Crippen LogP) is -17.9. The minimum atomic E-state index is -1.98. The van der Waals surface area contributed by atoms with Crippen molar-refractivity contribution in [3.63, 3.8) is 0 Å². The molecule has 12 heterocycles. The summed E-state index contributed by atoms with van der Waals surface area (Å²) in [6, 6.07) is 0. The minimum absolute atomic E-state index is 0.191. The van der Waals surface area contributed by atoms with Gasteiger partial charge in [-0.25, -0.2) is 0 Å². The first-order valence-corrected chi connectivity index (χ1v) is 48.4. The van der Waals surface area contributed by atoms with E-state index in [1.807, 2.05) is 6.92 Å². The van der Waals surface area contributed by atoms with Crippen LogP contribution in [-0.2, 0) is 171 Å². The van der Waals surface area contributed by atoms with E-state index in [0.717, 1.165) is 56.9 Å². The molecule has 0 aromatic heterocycles. The molecule has 0 aromatic carbocycles. The molecule has 148 heavy (non-hydrogen) atoms. The summed E-state index contributed by atoms with van der Waals surface area (Å²) in [5.41, 5.74) is 0. The lowest BCUT2D eigenvalue weighted by Gasteiger charge is -2.51. The van der Waals surface area contributed by atoms with Crippen LogP contribution in [0.5, 0.6) is 0 Å². The zero-order valence-corrected chi connectivity index (χ0v) is 83.4. The van der Waals surface area contributed by atoms with Gasteiger partial charge in [0.25, 0.3) is 0 Å². The second-order valence-corrected chi connectivity index (χ2v) is 37.0. The first kappa shape index (κ1) is 124. The molecular formula is C87H152O61. The van der Waals surface area contributed by atoms with Crippen LogP contribution in [-0.4, -0.2) is 667 Å². The van der Waals surface area contributed by atoms with Crippen molar-refractivity contribution >= 4 is 0 Å². The molecular weight excluding hydrogens is 2020 g/mol. The smallest absolute Gasteiger partial charge is 0.187 e. The Kier molecular flexibility index (Phi) is 48.2. The molecule has 61 heteroatoms. The van der Waals surface area contributed by atoms with Gasteiger partial charge in [0.05, 0.1) is 79.3 Å². The molecule has 0 saturated carbocycles. The highest BCUT2D eigenvalue weighted by molar-refractivity contribution is 5.07. The molecule has 12 aliphatic rings. The standard InChI is InChI=1S/C87H152O61/c1-14-15-125-76-42(102)65(114-3)53(29(17-89)127-76)139-78-44(104)67(116-5)55(31(19-91)129-78)141-80-46(106)69(118-7)57(33(21-93)131-80)143-82-48(108)71(120-9)59(35(23-95)133-82)145-84-50(110)73(122-11)61(37(25-97)135-84)147-86-52(112)75(124-13)63(39(27-99)137-86)148-87-51(111)74(123-12)62(38(26-98)136-87)146-85-49(109)72(121-10)60(36(24-96)134-85)144-83-47(107)70(119-8)58(34(22-94)132-83)142-81-45(105)68(117-6)56(32(20-92)130-81)140-79-43(103)66(115-4)54(30(18-90)128-79)138-77-41(101)64(113-2)40(100)28(16-88)126-77/h28-112H,14-27H2,1-13H3/t28-,29-,30-,31-,32-,33-,34-,35-,36-,37-,38-,39-,40-,41+,42+,43+,44+,45+,46+,47+,48+,49+,50+,51+,52+,53-,54-,55-,56-,57-,58-,59-,60-,61-,62-,63-,64+,65-,66-,67-,68-,69-,70-,71-,72-,73-,74-,75-,76+,77-,78-,79-,80-,81-,82-,83-,84-,85-,86-,87-/m1/s1. The summed E-state index contributed by atoms with van der Waals surface area (Å²) < 4.78 is 214. The van der Waals surface area contributed by atoms with Gasteiger partial charge in [-0.05, 0) is 6.42 Å². The van der Waals surface area contributed by atoms with Crippen LogP contribution in [0, 0.1) is 0 Å². The highest BCUT2D eigenvalue weighted by Crippen LogP contribution is 2.45. The van der Waals surface area contributed by atoms with E-state index >= 15 is 0 Å². The summed E-state index contributed by atoms with van der Waals surface area (Å²) in [6.45, 7) is -8.62. The van der Waals surface area contributed by atoms with E-state index in [9.17, 15) is 128 Å². The van der Waals surface area contributed by atoms with Gasteiger partial charge in [-0.2, -0.15) is 0 Å². The molecule has 0 unspecified atom stereocenters. The first-order chi connectivity index (χ1) is 71.2. The van der Waals surface area contributed by atoms with Crippen molar-refractivity contribution in [2.24, 2.45) is 0 Å². The average molecular weight is 2170 g/mol. The number of aliphatic hydroxyl groups is 25. The van der Waals surface area contributed by atoms with Crippen LogP contribution < -0.4 is 0 Å². The van der Waals surface area contributed by atoms with E-state index in [4.69, 9.17) is 171 Å². The molecule has 12 saturated heterocycles. The van der Waals surface area contributed by atoms with Crippen LogP contribution in [0.4, 0.5) is 0 Å². The van der Waals surface area contributed by atoms with Crippen LogP contribution in [0.3, 0.4) is 0 Å². The molecule has 12 rings (SSSR count). The van der Waals surface area contributed by atoms with E-state index in [0.29, 0.717) is 6.42 Å². The maximum atomic E-state index is 12.2. The molecule has 60 atom stereocenters. The topological polar surface area (TPSA) is 838 Å². The second-order valence-electron chi connectivity index (χ2n) is 37.0. The van der Waals surface area contributed by atoms with Crippen molar-refractivity contribution in [1.29, 1.82) is 0 Å². The Balaban J connectivity index is 0.640. The van der Waals surface area contributed by atoms with Gasteiger partial charge in [-0.3, -0.25) is 0 Å². The molecule has 0 aromatic rings. The fourth-order valence-corrected chi connectivity index (χ4v) is 20.9. The van der Waals surface area contributed by atoms with E-state index in [-0.39, 0.29) is 6.61 Å². The Bertz CT molecular complexity index is 3610. The van der Waals surface area contributed by atoms with Gasteiger partial charge in [-0.15, -0.1) is 0 Å². The third kappa shape index (κ3) is 26.2. The molecule has 61 nitrogen and oxygen atoms in total. The Morgan fingerprint density at radius 1 is 0.142 bits per heavy atom. The van der Waals surface area contributed by atoms with Gasteiger partial charge >= 0.3 is 0 Å². The predicted molar refractivity (Wildman–Crippen MR) is 466 cm³/mol. The number of aliphatic hydroxyl groups excluding tert-OH is 25. The zero-order chi connectivity index (χ0) is 108. The van der Waals surface area contributed by atoms with Crippen molar-refractivity contribution in [1.82, 2.24) is 0 Å². The SMILES string of the molecule is CCCO[C@H]1O[C@H](CO)[C@@H](O[C@H]2O[C@H](CO)[C@@H](O[C@H]3O[C@H](CO)[C@@H](O[C@H]4O[C@H](CO)[C@@H](O[C@H]5O[C@H](CO)[C@@H](O[C@H]6O[C@H](CO)[C@@H](O[C@H]7O[C@H](CO)[C@@H](O[C@H]8O[C@H](CO)[C@@H](O[C@H]9O[C@H](CO)[C@@H](O[C@H]%10O[C@H](CO)[C@@H](O[C@H]%11O[C@H](CO)[C@@H](O[C@H]%12O[C@H](CO)[C@@H](O)[C@H](OC)[C@@H]%12O)[C@H](OC)[C@@H]%11O)[C@H](OC)[C@@H]%10O)[C@H](OC)[C@@H]9O)[C@H](OC)[C@@H]8O)[C@H](OC)[C@@H]7O)[C@H](OC)[C@@H]6O)[C@H](OC)[C@@H]5O)[C@H](OC)[C@@H]4O)[C@H](OC)[C@@H]3O)[C@H](OC)[C@@H]2O)[C@H](OC)[C@@H]1O. The Labute approximate surface area is 848 Å². The summed E-state index contributed by atoms with van der Waals surface area (Å²) >= 11 is 0. The highest BCUT2D eigenvalue weighted by Gasteiger charge is 2.65. The van der Waals surface area contributed by atoms with Gasteiger partial charge in [0.2, 0.25) is 0 Å². The van der Waals surface area contributed by atoms with Gasteiger partial charge < -0.3 is 298 Å². The molecule has 0 spiro atoms. The van der Waals surface area contributed by atoms with Gasteiger partial charge in [0.15, 0.2) is 75.5 Å². The largest absolute Gasteiger partial charge is 0.394 e. The van der Waals surface area contributed by atoms with Crippen molar-refractivity contribution in [3.8, 4) is 0 Å². The number of hydrogen-bond acceptors (Lipinski definition) is 61. The lowest BCUT2D eigenvalue weighted by Crippen LogP contribution is -2.69. The van der Waals surface area contributed by atoms with Gasteiger partial charge in [0.1, 0.15) is 293 Å². The summed E-state index contributed by atoms with van der Waals surface area (Å²) in [4.78, 5) is 0. The number of hydrogen-bond donors (Lipinski definition) is 25. The maximum absolute atomic E-state index is 12.2. The maximum Gasteiger partial charge on any atom is 0.187 e. The van der Waals surface area contributed by atoms with Crippen molar-refractivity contribution in [2.75, 3.05) is 171 Å². The Hall–Kier alpha value is -2.44. The molecule has 0 radical (unpaired) electrons. The van der Waals surface area contributed by atoms with E-state index in [2.05, 4.69) is 0 Å². The zero-order valence-electron chi connectivity index (χ0n) is 83.4. The summed E-state index contributed by atoms with van der Waals surface area (Å²) in [5, 5.41) is 282. The number of ether oxygens (including phenoxy) is 36. The van der Waals surface area contributed by atoms with Crippen LogP contribution in [0.25, 0.3) is 0 Å². The van der Waals surface area contributed by atoms with Crippen molar-refractivity contribution < 1.29 is 298 Å². The van der Waals surface area contributed by atoms with Crippen LogP contribution >= 0.6 is 0 Å². The van der Waals surface area contributed by atoms with Crippen LogP contribution in [0.2, 0.25) is 0 Å². The van der Waals surface area contributed by atoms with Crippen molar-refractivity contribution in [2.45, 2.75) is 382 Å². The van der Waals surface area contributed by atoms with Gasteiger partial charge in [-0.1, -0.05) is 6.92 Å². The Morgan fingerprint density at radius 3 is 0.365 bits per heavy atom. The molecule has 0 amide bonds. The molecule has 0 aliphatic carbocycles. The van der Waals surface area contributed by atoms with E-state index in [1.54, 1.807) is 0 Å². The van der Waals surface area contributed by atoms with Crippen LogP contribution in [0.15, 0.2) is 0 Å². The first-order valence-electron chi connectivity index (χ1n) is 48.4. The Morgan fingerprint density at radius 2 is 0.250 bits per heavy atom. The molecule has 12 aliphatic heterocycles. The minimum Gasteiger partial charge on any atom is -0.394 e. The van der Waals surface area contributed by atoms with Crippen LogP contribution in [0.1, 0.15) is 13.3 Å². The molecule has 0 bridgehead atoms. The number of methoxy groups -OCH3 is 12.